The number of nitrogens with zero attached hydrogens (tertiary/aromatic N) is 1. The van der Waals surface area contributed by atoms with Crippen LogP contribution in [-0.2, 0) is 14.3 Å². The van der Waals surface area contributed by atoms with Crippen molar-refractivity contribution in [2.24, 2.45) is 5.92 Å². The number of ether oxygens (including phenoxy) is 2. The van der Waals surface area contributed by atoms with Crippen molar-refractivity contribution in [3.63, 3.8) is 0 Å². The third kappa shape index (κ3) is 7.74. The van der Waals surface area contributed by atoms with E-state index in [1.165, 1.54) is 50.7 Å². The second-order valence-electron chi connectivity index (χ2n) is 7.97. The summed E-state index contributed by atoms with van der Waals surface area (Å²) in [5.41, 5.74) is 1.71. The van der Waals surface area contributed by atoms with Gasteiger partial charge in [-0.3, -0.25) is 9.78 Å². The van der Waals surface area contributed by atoms with Gasteiger partial charge in [-0.1, -0.05) is 6.07 Å². The van der Waals surface area contributed by atoms with Crippen molar-refractivity contribution in [2.75, 3.05) is 20.8 Å². The number of nitrogens with one attached hydrogen (secondary N) is 1. The summed E-state index contributed by atoms with van der Waals surface area (Å²) in [7, 11) is 2.62. The summed E-state index contributed by atoms with van der Waals surface area (Å²) in [5, 5.41) is 3.19. The lowest BCUT2D eigenvalue weighted by Crippen LogP contribution is -2.35. The molecule has 4 rings (SSSR count). The van der Waals surface area contributed by atoms with E-state index < -0.39 is 29.2 Å². The van der Waals surface area contributed by atoms with Crippen LogP contribution in [0.25, 0.3) is 11.3 Å². The fraction of sp³-hybridized carbons (Fsp3) is 0.269. The summed E-state index contributed by atoms with van der Waals surface area (Å²) in [6.45, 7) is 0.656. The van der Waals surface area contributed by atoms with Crippen LogP contribution in [0.3, 0.4) is 0 Å². The highest BCUT2D eigenvalue weighted by atomic mass is 35.5. The molecule has 0 radical (unpaired) electrons. The molecule has 37 heavy (non-hydrogen) atoms. The van der Waals surface area contributed by atoms with Crippen molar-refractivity contribution in [3.05, 3.63) is 89.1 Å². The average Bonchev–Trinajstić information content (AvgIpc) is 2.91. The Morgan fingerprint density at radius 1 is 0.892 bits per heavy atom. The maximum atomic E-state index is 13.2. The molecule has 1 aliphatic heterocycles. The third-order valence-corrected chi connectivity index (χ3v) is 5.68. The number of hydrogen-bond acceptors (Lipinski definition) is 6. The molecule has 1 aliphatic rings. The predicted octanol–water partition coefficient (Wildman–Crippen LogP) is 5.41. The molecule has 0 bridgehead atoms. The second-order valence-corrected chi connectivity index (χ2v) is 7.97. The third-order valence-electron chi connectivity index (χ3n) is 5.68. The lowest BCUT2D eigenvalue weighted by atomic mass is 9.89. The molecule has 0 amide bonds. The van der Waals surface area contributed by atoms with Crippen LogP contribution in [0.2, 0.25) is 0 Å². The first kappa shape index (κ1) is 29.7. The van der Waals surface area contributed by atoms with E-state index in [4.69, 9.17) is 4.74 Å². The Kier molecular flexibility index (Phi) is 11.0. The number of esters is 2. The molecule has 3 aromatic rings. The van der Waals surface area contributed by atoms with Gasteiger partial charge in [0.25, 0.3) is 0 Å². The molecule has 2 aromatic carbocycles. The van der Waals surface area contributed by atoms with Crippen LogP contribution in [0.1, 0.15) is 34.8 Å². The van der Waals surface area contributed by atoms with E-state index in [1.807, 2.05) is 0 Å². The molecule has 2 unspecified atom stereocenters. The van der Waals surface area contributed by atoms with Crippen molar-refractivity contribution in [1.82, 2.24) is 10.3 Å². The van der Waals surface area contributed by atoms with Gasteiger partial charge in [-0.25, -0.2) is 22.4 Å². The lowest BCUT2D eigenvalue weighted by molar-refractivity contribution is -0.146. The zero-order chi connectivity index (χ0) is 26.2. The van der Waals surface area contributed by atoms with Crippen molar-refractivity contribution in [2.45, 2.75) is 18.9 Å². The van der Waals surface area contributed by atoms with Crippen LogP contribution in [0, 0.1) is 29.2 Å². The molecule has 1 N–H and O–H groups in total. The molecule has 0 aliphatic carbocycles. The summed E-state index contributed by atoms with van der Waals surface area (Å²) < 4.78 is 61.2. The molecule has 0 spiro atoms. The van der Waals surface area contributed by atoms with Crippen molar-refractivity contribution in [1.29, 1.82) is 0 Å². The first-order valence-corrected chi connectivity index (χ1v) is 11.0. The number of piperidine rings is 1. The molecule has 2 heterocycles. The van der Waals surface area contributed by atoms with E-state index in [1.54, 1.807) is 0 Å². The molecule has 0 saturated carbocycles. The lowest BCUT2D eigenvalue weighted by Gasteiger charge is -2.29. The Balaban J connectivity index is 0.000000253. The summed E-state index contributed by atoms with van der Waals surface area (Å²) in [6, 6.07) is 10.0. The largest absolute Gasteiger partial charge is 0.469 e. The van der Waals surface area contributed by atoms with E-state index in [2.05, 4.69) is 15.0 Å². The van der Waals surface area contributed by atoms with Crippen LogP contribution in [-0.4, -0.2) is 37.7 Å². The maximum absolute atomic E-state index is 13.2. The predicted molar refractivity (Wildman–Crippen MR) is 130 cm³/mol. The van der Waals surface area contributed by atoms with E-state index in [0.717, 1.165) is 18.2 Å². The number of carbonyl (C=O) groups is 2. The van der Waals surface area contributed by atoms with Gasteiger partial charge in [-0.2, -0.15) is 0 Å². The smallest absolute Gasteiger partial charge is 0.337 e. The quantitative estimate of drug-likeness (QED) is 0.352. The molecule has 1 saturated heterocycles. The maximum Gasteiger partial charge on any atom is 0.337 e. The summed E-state index contributed by atoms with van der Waals surface area (Å²) >= 11 is 0. The van der Waals surface area contributed by atoms with Gasteiger partial charge >= 0.3 is 11.9 Å². The first-order chi connectivity index (χ1) is 17.2. The highest BCUT2D eigenvalue weighted by Crippen LogP contribution is 2.28. The number of carbonyl (C=O) groups excluding carboxylic acids is 2. The van der Waals surface area contributed by atoms with Crippen LogP contribution in [0.15, 0.2) is 54.7 Å². The summed E-state index contributed by atoms with van der Waals surface area (Å²) in [4.78, 5) is 26.8. The van der Waals surface area contributed by atoms with Crippen molar-refractivity contribution < 1.29 is 36.6 Å². The van der Waals surface area contributed by atoms with Crippen molar-refractivity contribution in [3.8, 4) is 11.3 Å². The van der Waals surface area contributed by atoms with Crippen LogP contribution in [0.4, 0.5) is 17.6 Å². The molecule has 2 atom stereocenters. The van der Waals surface area contributed by atoms with Crippen LogP contribution < -0.4 is 5.32 Å². The number of aromatic nitrogens is 1. The minimum absolute atomic E-state index is 0. The topological polar surface area (TPSA) is 77.5 Å². The highest BCUT2D eigenvalue weighted by Gasteiger charge is 2.28. The molecule has 6 nitrogen and oxygen atoms in total. The molecule has 1 aromatic heterocycles. The van der Waals surface area contributed by atoms with Gasteiger partial charge in [-0.15, -0.1) is 12.4 Å². The first-order valence-electron chi connectivity index (χ1n) is 11.0. The number of methoxy groups -OCH3 is 2. The monoisotopic (exact) mass is 540 g/mol. The van der Waals surface area contributed by atoms with Crippen LogP contribution in [0.5, 0.6) is 0 Å². The molecule has 198 valence electrons. The normalized spacial score (nSPS) is 16.5. The number of benzene rings is 2. The zero-order valence-electron chi connectivity index (χ0n) is 20.0. The Morgan fingerprint density at radius 3 is 2.19 bits per heavy atom. The second kappa shape index (κ2) is 13.7. The van der Waals surface area contributed by atoms with Crippen LogP contribution >= 0.6 is 12.4 Å². The summed E-state index contributed by atoms with van der Waals surface area (Å²) in [6.07, 6.45) is 2.65. The number of rotatable bonds is 4. The molecule has 11 heteroatoms. The van der Waals surface area contributed by atoms with Crippen molar-refractivity contribution >= 4 is 24.3 Å². The molecule has 1 fully saturated rings. The number of hydrogen-bond donors (Lipinski definition) is 1. The minimum Gasteiger partial charge on any atom is -0.469 e. The Hall–Kier alpha value is -3.50. The Morgan fingerprint density at radius 2 is 1.57 bits per heavy atom. The van der Waals surface area contributed by atoms with E-state index >= 15 is 0 Å². The number of halogens is 5. The highest BCUT2D eigenvalue weighted by molar-refractivity contribution is 5.90. The van der Waals surface area contributed by atoms with Gasteiger partial charge in [0.2, 0.25) is 0 Å². The minimum atomic E-state index is -0.960. The fourth-order valence-electron chi connectivity index (χ4n) is 3.77. The van der Waals surface area contributed by atoms with E-state index in [9.17, 15) is 27.2 Å². The summed E-state index contributed by atoms with van der Waals surface area (Å²) in [5.74, 6) is -4.56. The molecular weight excluding hydrogens is 516 g/mol. The SMILES string of the molecule is COC(=O)C1CCNC(c2ccc(F)c(F)c2)C1.COC(=O)c1ccnc(-c2ccc(F)c(F)c2)c1.Cl. The van der Waals surface area contributed by atoms with Gasteiger partial charge in [-0.05, 0) is 67.4 Å². The fourth-order valence-corrected chi connectivity index (χ4v) is 3.77. The average molecular weight is 541 g/mol. The van der Waals surface area contributed by atoms with Gasteiger partial charge in [0.15, 0.2) is 23.3 Å². The van der Waals surface area contributed by atoms with Gasteiger partial charge in [0, 0.05) is 17.8 Å². The van der Waals surface area contributed by atoms with E-state index in [0.29, 0.717) is 41.8 Å². The van der Waals surface area contributed by atoms with Gasteiger partial charge in [0.1, 0.15) is 0 Å². The molecular formula is C26H25ClF4N2O4. The standard InChI is InChI=1S/C13H15F2NO2.C13H9F2NO2.ClH/c2*1-18-13(17)9-4-5-16-12(7-9)8-2-3-10(14)11(15)6-8;/h2-3,6,9,12,16H,4-5,7H2,1H3;2-7H,1H3;1H. The Bertz CT molecular complexity index is 1240. The Labute approximate surface area is 217 Å². The van der Waals surface area contributed by atoms with Gasteiger partial charge < -0.3 is 14.8 Å². The number of pyridine rings is 1. The van der Waals surface area contributed by atoms with Gasteiger partial charge in [0.05, 0.1) is 31.4 Å². The van der Waals surface area contributed by atoms with E-state index in [-0.39, 0.29) is 30.3 Å². The zero-order valence-corrected chi connectivity index (χ0v) is 20.8.